The predicted octanol–water partition coefficient (Wildman–Crippen LogP) is 5.04. The number of Topliss-reactive ketones (excluding diaryl/α,β-unsaturated/α-hetero) is 1. The van der Waals surface area contributed by atoms with Crippen LogP contribution in [0.15, 0.2) is 18.2 Å². The molecule has 1 N–H and O–H groups in total. The molecule has 0 heterocycles. The maximum Gasteiger partial charge on any atom is 0.160 e. The van der Waals surface area contributed by atoms with Crippen molar-refractivity contribution in [1.82, 2.24) is 0 Å². The van der Waals surface area contributed by atoms with E-state index in [2.05, 4.69) is 6.92 Å². The first-order chi connectivity index (χ1) is 10.7. The van der Waals surface area contributed by atoms with Gasteiger partial charge in [0, 0.05) is 12.8 Å². The van der Waals surface area contributed by atoms with Gasteiger partial charge < -0.3 is 9.84 Å². The zero-order chi connectivity index (χ0) is 16.2. The number of carbonyl (C=O) groups excluding carboxylic acids is 1. The van der Waals surface area contributed by atoms with Crippen LogP contribution in [0.1, 0.15) is 70.3 Å². The second-order valence-corrected chi connectivity index (χ2v) is 5.92. The third kappa shape index (κ3) is 7.48. The molecule has 0 aliphatic heterocycles. The van der Waals surface area contributed by atoms with Crippen LogP contribution in [0.3, 0.4) is 0 Å². The minimum Gasteiger partial charge on any atom is -0.504 e. The molecule has 0 radical (unpaired) electrons. The van der Waals surface area contributed by atoms with Gasteiger partial charge in [-0.15, -0.1) is 0 Å². The highest BCUT2D eigenvalue weighted by atomic mass is 16.5. The summed E-state index contributed by atoms with van der Waals surface area (Å²) in [6.07, 6.45) is 10.7. The number of ketones is 1. The first-order valence-electron chi connectivity index (χ1n) is 8.55. The number of hydrogen-bond acceptors (Lipinski definition) is 3. The average Bonchev–Trinajstić information content (AvgIpc) is 2.53. The summed E-state index contributed by atoms with van der Waals surface area (Å²) in [5, 5.41) is 9.54. The Morgan fingerprint density at radius 3 is 2.41 bits per heavy atom. The number of hydrogen-bond donors (Lipinski definition) is 1. The number of phenolic OH excluding ortho intramolecular Hbond substituents is 1. The minimum absolute atomic E-state index is 0.139. The molecule has 0 bridgehead atoms. The van der Waals surface area contributed by atoms with Crippen LogP contribution in [-0.4, -0.2) is 18.0 Å². The molecule has 1 rings (SSSR count). The van der Waals surface area contributed by atoms with Gasteiger partial charge in [0.2, 0.25) is 0 Å². The molecule has 0 saturated heterocycles. The Bertz CT molecular complexity index is 440. The quantitative estimate of drug-likeness (QED) is 0.550. The number of rotatable bonds is 12. The standard InChI is InChI=1S/C19H30O3/c1-3-4-5-6-7-8-9-10-17(20)13-11-16-12-14-18(21)19(15-16)22-2/h12,14-15,21H,3-11,13H2,1-2H3. The average molecular weight is 306 g/mol. The summed E-state index contributed by atoms with van der Waals surface area (Å²) in [5.41, 5.74) is 1.03. The highest BCUT2D eigenvalue weighted by Crippen LogP contribution is 2.26. The summed E-state index contributed by atoms with van der Waals surface area (Å²) >= 11 is 0. The topological polar surface area (TPSA) is 46.5 Å². The van der Waals surface area contributed by atoms with E-state index in [9.17, 15) is 9.90 Å². The van der Waals surface area contributed by atoms with E-state index in [1.807, 2.05) is 6.07 Å². The predicted molar refractivity (Wildman–Crippen MR) is 90.6 cm³/mol. The zero-order valence-electron chi connectivity index (χ0n) is 14.1. The van der Waals surface area contributed by atoms with Crippen molar-refractivity contribution < 1.29 is 14.6 Å². The smallest absolute Gasteiger partial charge is 0.160 e. The van der Waals surface area contributed by atoms with E-state index < -0.39 is 0 Å². The van der Waals surface area contributed by atoms with Gasteiger partial charge in [-0.3, -0.25) is 4.79 Å². The molecule has 0 unspecified atom stereocenters. The van der Waals surface area contributed by atoms with E-state index in [1.165, 1.54) is 45.6 Å². The molecule has 0 aliphatic rings. The van der Waals surface area contributed by atoms with Crippen molar-refractivity contribution in [3.05, 3.63) is 23.8 Å². The molecule has 0 amide bonds. The Balaban J connectivity index is 2.15. The number of methoxy groups -OCH3 is 1. The van der Waals surface area contributed by atoms with Crippen LogP contribution < -0.4 is 4.74 Å². The van der Waals surface area contributed by atoms with Crippen LogP contribution in [0.25, 0.3) is 0 Å². The van der Waals surface area contributed by atoms with Crippen molar-refractivity contribution in [2.24, 2.45) is 0 Å². The van der Waals surface area contributed by atoms with Crippen molar-refractivity contribution >= 4 is 5.78 Å². The number of phenols is 1. The number of benzene rings is 1. The van der Waals surface area contributed by atoms with Gasteiger partial charge in [-0.25, -0.2) is 0 Å². The van der Waals surface area contributed by atoms with E-state index in [0.29, 0.717) is 30.8 Å². The second kappa shape index (κ2) is 11.1. The summed E-state index contributed by atoms with van der Waals surface area (Å²) in [4.78, 5) is 11.9. The van der Waals surface area contributed by atoms with Crippen LogP contribution in [0.4, 0.5) is 0 Å². The maximum absolute atomic E-state index is 11.9. The Kier molecular flexibility index (Phi) is 9.36. The molecule has 0 fully saturated rings. The lowest BCUT2D eigenvalue weighted by atomic mass is 10.0. The third-order valence-corrected chi connectivity index (χ3v) is 4.00. The molecule has 0 spiro atoms. The van der Waals surface area contributed by atoms with Gasteiger partial charge in [0.25, 0.3) is 0 Å². The third-order valence-electron chi connectivity index (χ3n) is 4.00. The van der Waals surface area contributed by atoms with Crippen LogP contribution in [0.2, 0.25) is 0 Å². The maximum atomic E-state index is 11.9. The van der Waals surface area contributed by atoms with Gasteiger partial charge >= 0.3 is 0 Å². The number of ether oxygens (including phenoxy) is 1. The van der Waals surface area contributed by atoms with Crippen LogP contribution in [-0.2, 0) is 11.2 Å². The summed E-state index contributed by atoms with van der Waals surface area (Å²) in [5.74, 6) is 0.943. The molecular formula is C19H30O3. The molecule has 1 aromatic carbocycles. The Labute approximate surface area is 134 Å². The fourth-order valence-electron chi connectivity index (χ4n) is 2.57. The Morgan fingerprint density at radius 2 is 1.73 bits per heavy atom. The number of aromatic hydroxyl groups is 1. The van der Waals surface area contributed by atoms with E-state index in [0.717, 1.165) is 12.0 Å². The van der Waals surface area contributed by atoms with E-state index in [1.54, 1.807) is 12.1 Å². The second-order valence-electron chi connectivity index (χ2n) is 5.92. The number of carbonyl (C=O) groups is 1. The van der Waals surface area contributed by atoms with Crippen LogP contribution in [0, 0.1) is 0 Å². The molecule has 124 valence electrons. The largest absolute Gasteiger partial charge is 0.504 e. The van der Waals surface area contributed by atoms with Gasteiger partial charge in [-0.05, 0) is 30.5 Å². The minimum atomic E-state index is 0.139. The Hall–Kier alpha value is -1.51. The Morgan fingerprint density at radius 1 is 1.05 bits per heavy atom. The summed E-state index contributed by atoms with van der Waals surface area (Å²) in [6, 6.07) is 5.27. The zero-order valence-corrected chi connectivity index (χ0v) is 14.1. The number of aryl methyl sites for hydroxylation is 1. The molecule has 0 aliphatic carbocycles. The monoisotopic (exact) mass is 306 g/mol. The highest BCUT2D eigenvalue weighted by Gasteiger charge is 2.06. The van der Waals surface area contributed by atoms with Crippen molar-refractivity contribution in [1.29, 1.82) is 0 Å². The van der Waals surface area contributed by atoms with Gasteiger partial charge in [-0.2, -0.15) is 0 Å². The van der Waals surface area contributed by atoms with Gasteiger partial charge in [0.15, 0.2) is 11.5 Å². The lowest BCUT2D eigenvalue weighted by Crippen LogP contribution is -2.00. The summed E-state index contributed by atoms with van der Waals surface area (Å²) in [7, 11) is 1.53. The molecule has 3 nitrogen and oxygen atoms in total. The molecule has 0 saturated carbocycles. The fourth-order valence-corrected chi connectivity index (χ4v) is 2.57. The van der Waals surface area contributed by atoms with Crippen molar-refractivity contribution in [2.45, 2.75) is 71.1 Å². The van der Waals surface area contributed by atoms with E-state index in [-0.39, 0.29) is 5.75 Å². The normalized spacial score (nSPS) is 10.6. The molecule has 1 aromatic rings. The molecule has 22 heavy (non-hydrogen) atoms. The summed E-state index contributed by atoms with van der Waals surface area (Å²) < 4.78 is 5.08. The fraction of sp³-hybridized carbons (Fsp3) is 0.632. The van der Waals surface area contributed by atoms with Crippen LogP contribution in [0.5, 0.6) is 11.5 Å². The molecular weight excluding hydrogens is 276 g/mol. The number of unbranched alkanes of at least 4 members (excludes halogenated alkanes) is 6. The first-order valence-corrected chi connectivity index (χ1v) is 8.55. The SMILES string of the molecule is CCCCCCCCCC(=O)CCc1ccc(O)c(OC)c1. The van der Waals surface area contributed by atoms with E-state index in [4.69, 9.17) is 4.74 Å². The van der Waals surface area contributed by atoms with Crippen molar-refractivity contribution in [2.75, 3.05) is 7.11 Å². The molecule has 0 aromatic heterocycles. The van der Waals surface area contributed by atoms with E-state index >= 15 is 0 Å². The molecule has 3 heteroatoms. The first kappa shape index (κ1) is 18.5. The lowest BCUT2D eigenvalue weighted by Gasteiger charge is -2.06. The molecule has 0 atom stereocenters. The lowest BCUT2D eigenvalue weighted by molar-refractivity contribution is -0.119. The highest BCUT2D eigenvalue weighted by molar-refractivity contribution is 5.78. The van der Waals surface area contributed by atoms with Crippen LogP contribution >= 0.6 is 0 Å². The van der Waals surface area contributed by atoms with Gasteiger partial charge in [0.1, 0.15) is 5.78 Å². The van der Waals surface area contributed by atoms with Gasteiger partial charge in [0.05, 0.1) is 7.11 Å². The van der Waals surface area contributed by atoms with Gasteiger partial charge in [-0.1, -0.05) is 51.5 Å². The van der Waals surface area contributed by atoms with Crippen molar-refractivity contribution in [3.8, 4) is 11.5 Å². The van der Waals surface area contributed by atoms with Crippen molar-refractivity contribution in [3.63, 3.8) is 0 Å². The summed E-state index contributed by atoms with van der Waals surface area (Å²) in [6.45, 7) is 2.22.